The van der Waals surface area contributed by atoms with Crippen molar-refractivity contribution in [1.29, 1.82) is 0 Å². The van der Waals surface area contributed by atoms with Crippen LogP contribution in [0.4, 0.5) is 0 Å². The molecule has 2 aliphatic carbocycles. The first kappa shape index (κ1) is 24.3. The van der Waals surface area contributed by atoms with Crippen LogP contribution in [0.15, 0.2) is 103 Å². The minimum absolute atomic E-state index is 0.624. The lowest BCUT2D eigenvalue weighted by atomic mass is 9.89. The third-order valence-electron chi connectivity index (χ3n) is 10.2. The zero-order valence-electron chi connectivity index (χ0n) is 24.2. The molecule has 206 valence electrons. The second kappa shape index (κ2) is 9.63. The molecule has 2 heteroatoms. The van der Waals surface area contributed by atoms with E-state index in [0.29, 0.717) is 6.04 Å². The third-order valence-corrected chi connectivity index (χ3v) is 10.2. The van der Waals surface area contributed by atoms with Gasteiger partial charge in [-0.1, -0.05) is 79.9 Å². The van der Waals surface area contributed by atoms with Gasteiger partial charge in [0, 0.05) is 38.8 Å². The molecule has 0 N–H and O–H groups in total. The topological polar surface area (TPSA) is 9.86 Å². The quantitative estimate of drug-likeness (QED) is 0.209. The first-order chi connectivity index (χ1) is 20.8. The van der Waals surface area contributed by atoms with Crippen molar-refractivity contribution < 1.29 is 0 Å². The van der Waals surface area contributed by atoms with Crippen LogP contribution in [0.1, 0.15) is 62.1 Å². The van der Waals surface area contributed by atoms with E-state index in [0.717, 1.165) is 0 Å². The van der Waals surface area contributed by atoms with Crippen LogP contribution < -0.4 is 0 Å². The third kappa shape index (κ3) is 3.64. The fourth-order valence-corrected chi connectivity index (χ4v) is 8.29. The van der Waals surface area contributed by atoms with Crippen molar-refractivity contribution in [3.05, 3.63) is 114 Å². The molecule has 0 spiro atoms. The molecule has 2 nitrogen and oxygen atoms in total. The van der Waals surface area contributed by atoms with E-state index in [1.807, 2.05) is 0 Å². The number of rotatable bonds is 3. The minimum atomic E-state index is 0.624. The van der Waals surface area contributed by atoms with Crippen LogP contribution in [-0.2, 0) is 12.8 Å². The Morgan fingerprint density at radius 2 is 1.19 bits per heavy atom. The molecule has 0 unspecified atom stereocenters. The summed E-state index contributed by atoms with van der Waals surface area (Å²) in [6, 6.07) is 39.5. The van der Waals surface area contributed by atoms with Crippen molar-refractivity contribution in [1.82, 2.24) is 9.13 Å². The van der Waals surface area contributed by atoms with Crippen molar-refractivity contribution in [3.8, 4) is 16.8 Å². The first-order valence-electron chi connectivity index (χ1n) is 16.0. The molecule has 2 aromatic heterocycles. The van der Waals surface area contributed by atoms with Gasteiger partial charge in [-0.15, -0.1) is 0 Å². The highest BCUT2D eigenvalue weighted by Gasteiger charge is 2.25. The molecule has 0 radical (unpaired) electrons. The van der Waals surface area contributed by atoms with Crippen LogP contribution in [-0.4, -0.2) is 9.13 Å². The summed E-state index contributed by atoms with van der Waals surface area (Å²) in [7, 11) is 0. The highest BCUT2D eigenvalue weighted by atomic mass is 15.0. The molecular weight excluding hydrogens is 508 g/mol. The van der Waals surface area contributed by atoms with Crippen molar-refractivity contribution in [2.24, 2.45) is 0 Å². The second-order valence-electron chi connectivity index (χ2n) is 12.6. The monoisotopic (exact) mass is 544 g/mol. The van der Waals surface area contributed by atoms with Gasteiger partial charge < -0.3 is 9.13 Å². The van der Waals surface area contributed by atoms with Crippen LogP contribution in [0.2, 0.25) is 0 Å². The molecule has 5 aromatic carbocycles. The van der Waals surface area contributed by atoms with Gasteiger partial charge in [0.2, 0.25) is 0 Å². The van der Waals surface area contributed by atoms with E-state index in [1.165, 1.54) is 113 Å². The van der Waals surface area contributed by atoms with Crippen molar-refractivity contribution in [2.75, 3.05) is 0 Å². The van der Waals surface area contributed by atoms with E-state index >= 15 is 0 Å². The number of benzene rings is 5. The summed E-state index contributed by atoms with van der Waals surface area (Å²) in [4.78, 5) is 0. The molecule has 0 atom stereocenters. The summed E-state index contributed by atoms with van der Waals surface area (Å²) < 4.78 is 5.19. The number of nitrogens with zero attached hydrogens (tertiary/aromatic N) is 2. The number of hydrogen-bond acceptors (Lipinski definition) is 0. The Balaban J connectivity index is 1.26. The van der Waals surface area contributed by atoms with E-state index in [2.05, 4.69) is 112 Å². The molecule has 9 rings (SSSR count). The normalized spacial score (nSPS) is 16.1. The molecule has 0 bridgehead atoms. The Labute approximate surface area is 247 Å². The van der Waals surface area contributed by atoms with Crippen LogP contribution >= 0.6 is 0 Å². The maximum Gasteiger partial charge on any atom is 0.0541 e. The highest BCUT2D eigenvalue weighted by Crippen LogP contribution is 2.43. The smallest absolute Gasteiger partial charge is 0.0541 e. The highest BCUT2D eigenvalue weighted by molar-refractivity contribution is 6.12. The lowest BCUT2D eigenvalue weighted by Crippen LogP contribution is -2.14. The average molecular weight is 545 g/mol. The fourth-order valence-electron chi connectivity index (χ4n) is 8.29. The van der Waals surface area contributed by atoms with Crippen molar-refractivity contribution in [3.63, 3.8) is 0 Å². The van der Waals surface area contributed by atoms with Crippen molar-refractivity contribution >= 4 is 43.6 Å². The van der Waals surface area contributed by atoms with Gasteiger partial charge in [0.15, 0.2) is 0 Å². The molecule has 1 saturated carbocycles. The van der Waals surface area contributed by atoms with Gasteiger partial charge in [-0.3, -0.25) is 0 Å². The average Bonchev–Trinajstić information content (AvgIpc) is 3.58. The lowest BCUT2D eigenvalue weighted by Gasteiger charge is -2.27. The predicted molar refractivity (Wildman–Crippen MR) is 178 cm³/mol. The van der Waals surface area contributed by atoms with Gasteiger partial charge in [0.1, 0.15) is 0 Å². The standard InChI is InChI=1S/C40H36N2/c1-3-12-30(13-4-1)41-37-18-10-9-17-33(37)35-25-28(20-23-38(35)41)29-21-24-39-36(26-29)34-22-19-27-11-7-8-16-32(27)40(34)42(39)31-14-5-2-6-15-31/h1,3-4,9-10,12-13,17-26,31H,2,5-8,11,14-16H2. The largest absolute Gasteiger partial charge is 0.337 e. The Bertz CT molecular complexity index is 2120. The van der Waals surface area contributed by atoms with Gasteiger partial charge >= 0.3 is 0 Å². The van der Waals surface area contributed by atoms with Gasteiger partial charge in [0.05, 0.1) is 16.6 Å². The van der Waals surface area contributed by atoms with Crippen LogP contribution in [0.25, 0.3) is 60.4 Å². The van der Waals surface area contributed by atoms with Crippen LogP contribution in [0, 0.1) is 0 Å². The summed E-state index contributed by atoms with van der Waals surface area (Å²) >= 11 is 0. The molecule has 2 aliphatic rings. The Morgan fingerprint density at radius 1 is 0.500 bits per heavy atom. The van der Waals surface area contributed by atoms with Gasteiger partial charge in [-0.05, 0) is 103 Å². The first-order valence-corrected chi connectivity index (χ1v) is 16.0. The molecule has 7 aromatic rings. The van der Waals surface area contributed by atoms with E-state index in [-0.39, 0.29) is 0 Å². The second-order valence-corrected chi connectivity index (χ2v) is 12.6. The number of hydrogen-bond donors (Lipinski definition) is 0. The summed E-state index contributed by atoms with van der Waals surface area (Å²) in [5.41, 5.74) is 12.5. The van der Waals surface area contributed by atoms with E-state index in [9.17, 15) is 0 Å². The predicted octanol–water partition coefficient (Wildman–Crippen LogP) is 10.9. The zero-order chi connectivity index (χ0) is 27.6. The molecule has 42 heavy (non-hydrogen) atoms. The van der Waals surface area contributed by atoms with E-state index < -0.39 is 0 Å². The summed E-state index contributed by atoms with van der Waals surface area (Å²) in [6.07, 6.45) is 11.8. The molecular formula is C40H36N2. The van der Waals surface area contributed by atoms with Crippen molar-refractivity contribution in [2.45, 2.75) is 63.8 Å². The number of fused-ring (bicyclic) bond motifs is 8. The number of aryl methyl sites for hydroxylation is 2. The molecule has 1 fully saturated rings. The Kier molecular flexibility index (Phi) is 5.57. The van der Waals surface area contributed by atoms with Gasteiger partial charge in [0.25, 0.3) is 0 Å². The van der Waals surface area contributed by atoms with E-state index in [1.54, 1.807) is 16.6 Å². The number of aromatic nitrogens is 2. The lowest BCUT2D eigenvalue weighted by molar-refractivity contribution is 0.367. The zero-order valence-corrected chi connectivity index (χ0v) is 24.2. The van der Waals surface area contributed by atoms with Gasteiger partial charge in [-0.2, -0.15) is 0 Å². The Morgan fingerprint density at radius 3 is 2.02 bits per heavy atom. The summed E-state index contributed by atoms with van der Waals surface area (Å²) in [5.74, 6) is 0. The van der Waals surface area contributed by atoms with Gasteiger partial charge in [-0.25, -0.2) is 0 Å². The summed E-state index contributed by atoms with van der Waals surface area (Å²) in [5, 5.41) is 5.50. The molecule has 0 aliphatic heterocycles. The van der Waals surface area contributed by atoms with Crippen LogP contribution in [0.3, 0.4) is 0 Å². The van der Waals surface area contributed by atoms with Crippen LogP contribution in [0.5, 0.6) is 0 Å². The fraction of sp³-hybridized carbons (Fsp3) is 0.250. The molecule has 2 heterocycles. The number of para-hydroxylation sites is 2. The molecule has 0 amide bonds. The maximum atomic E-state index is 2.79. The SMILES string of the molecule is c1ccc(-n2c3ccccc3c3cc(-c4ccc5c(c4)c4ccc6c(c4n5C4CCCCC4)CCCC6)ccc32)cc1. The molecule has 0 saturated heterocycles. The summed E-state index contributed by atoms with van der Waals surface area (Å²) in [6.45, 7) is 0. The minimum Gasteiger partial charge on any atom is -0.337 e. The van der Waals surface area contributed by atoms with E-state index in [4.69, 9.17) is 0 Å². The Hall–Kier alpha value is -4.30. The maximum absolute atomic E-state index is 2.79.